The van der Waals surface area contributed by atoms with E-state index in [4.69, 9.17) is 0 Å². The highest BCUT2D eigenvalue weighted by Crippen LogP contribution is 2.62. The van der Waals surface area contributed by atoms with Crippen LogP contribution in [0.5, 0.6) is 11.8 Å². The standard InChI is InChI=1S/C28H40N2O4/c1-2-3-4-5-6-7-8-19-15-27(33)30(28(19)34)16-18-11-22-20-13-21(23(14-20)24(22)12-18)17-29-25(31)9-10-26(29)32/h9-10,15,18,20-24,33-34H,2-8,11-14,16-17H2,1H3. The van der Waals surface area contributed by atoms with Gasteiger partial charge in [-0.3, -0.25) is 19.1 Å². The van der Waals surface area contributed by atoms with E-state index in [2.05, 4.69) is 6.92 Å². The molecule has 186 valence electrons. The maximum atomic E-state index is 12.0. The molecule has 4 aliphatic rings. The quantitative estimate of drug-likeness (QED) is 0.353. The molecule has 6 unspecified atom stereocenters. The van der Waals surface area contributed by atoms with Crippen LogP contribution in [-0.2, 0) is 22.6 Å². The highest BCUT2D eigenvalue weighted by molar-refractivity contribution is 6.12. The number of nitrogens with zero attached hydrogens (tertiary/aromatic N) is 2. The van der Waals surface area contributed by atoms with Gasteiger partial charge in [0.25, 0.3) is 11.8 Å². The molecule has 6 atom stereocenters. The average Bonchev–Trinajstić information content (AvgIpc) is 3.60. The van der Waals surface area contributed by atoms with Gasteiger partial charge in [-0.05, 0) is 74.0 Å². The second-order valence-electron chi connectivity index (χ2n) is 11.4. The number of fused-ring (bicyclic) bond motifs is 5. The van der Waals surface area contributed by atoms with Crippen LogP contribution in [0.1, 0.15) is 76.7 Å². The summed E-state index contributed by atoms with van der Waals surface area (Å²) in [5, 5.41) is 21.4. The molecule has 0 aromatic carbocycles. The lowest BCUT2D eigenvalue weighted by Crippen LogP contribution is -2.38. The molecule has 2 amide bonds. The first-order chi connectivity index (χ1) is 16.5. The number of carbonyl (C=O) groups excluding carboxylic acids is 2. The predicted molar refractivity (Wildman–Crippen MR) is 130 cm³/mol. The Morgan fingerprint density at radius 3 is 2.32 bits per heavy atom. The van der Waals surface area contributed by atoms with Crippen molar-refractivity contribution in [2.75, 3.05) is 6.54 Å². The van der Waals surface area contributed by atoms with Crippen molar-refractivity contribution in [3.8, 4) is 11.8 Å². The molecule has 2 heterocycles. The summed E-state index contributed by atoms with van der Waals surface area (Å²) in [6.45, 7) is 3.47. The van der Waals surface area contributed by atoms with Crippen LogP contribution >= 0.6 is 0 Å². The Labute approximate surface area is 203 Å². The molecule has 0 spiro atoms. The molecule has 1 aromatic heterocycles. The summed E-state index contributed by atoms with van der Waals surface area (Å²) in [7, 11) is 0. The summed E-state index contributed by atoms with van der Waals surface area (Å²) >= 11 is 0. The Morgan fingerprint density at radius 1 is 0.853 bits per heavy atom. The van der Waals surface area contributed by atoms with Crippen molar-refractivity contribution in [2.24, 2.45) is 35.5 Å². The molecule has 3 fully saturated rings. The van der Waals surface area contributed by atoms with Crippen LogP contribution in [0.4, 0.5) is 0 Å². The van der Waals surface area contributed by atoms with Crippen LogP contribution in [0.2, 0.25) is 0 Å². The van der Waals surface area contributed by atoms with Crippen molar-refractivity contribution >= 4 is 11.8 Å². The van der Waals surface area contributed by atoms with Gasteiger partial charge < -0.3 is 10.2 Å². The van der Waals surface area contributed by atoms with Crippen LogP contribution < -0.4 is 0 Å². The molecule has 34 heavy (non-hydrogen) atoms. The minimum atomic E-state index is -0.163. The van der Waals surface area contributed by atoms with E-state index in [1.165, 1.54) is 55.6 Å². The zero-order valence-corrected chi connectivity index (χ0v) is 20.5. The number of hydrogen-bond acceptors (Lipinski definition) is 4. The number of imide groups is 1. The second-order valence-corrected chi connectivity index (χ2v) is 11.4. The van der Waals surface area contributed by atoms with E-state index >= 15 is 0 Å². The van der Waals surface area contributed by atoms with Crippen LogP contribution in [0.25, 0.3) is 0 Å². The third-order valence-corrected chi connectivity index (χ3v) is 9.38. The minimum absolute atomic E-state index is 0.163. The van der Waals surface area contributed by atoms with Gasteiger partial charge >= 0.3 is 0 Å². The molecule has 1 aromatic rings. The third-order valence-electron chi connectivity index (χ3n) is 9.38. The number of hydrogen-bond donors (Lipinski definition) is 2. The fourth-order valence-electron chi connectivity index (χ4n) is 7.83. The van der Waals surface area contributed by atoms with Crippen molar-refractivity contribution in [1.29, 1.82) is 0 Å². The van der Waals surface area contributed by atoms with E-state index in [-0.39, 0.29) is 23.6 Å². The first kappa shape index (κ1) is 23.5. The molecule has 6 heteroatoms. The molecule has 3 saturated carbocycles. The lowest BCUT2D eigenvalue weighted by molar-refractivity contribution is -0.138. The summed E-state index contributed by atoms with van der Waals surface area (Å²) in [6.07, 6.45) is 15.5. The van der Waals surface area contributed by atoms with E-state index in [1.54, 1.807) is 10.6 Å². The second kappa shape index (κ2) is 9.79. The number of aromatic hydroxyl groups is 2. The Morgan fingerprint density at radius 2 is 1.56 bits per heavy atom. The molecule has 1 aliphatic heterocycles. The van der Waals surface area contributed by atoms with Gasteiger partial charge in [-0.15, -0.1) is 0 Å². The maximum absolute atomic E-state index is 12.0. The van der Waals surface area contributed by atoms with Crippen molar-refractivity contribution in [3.05, 3.63) is 23.8 Å². The van der Waals surface area contributed by atoms with Gasteiger partial charge in [0.05, 0.1) is 0 Å². The molecule has 0 saturated heterocycles. The Kier molecular flexibility index (Phi) is 6.76. The SMILES string of the molecule is CCCCCCCCc1cc(O)n(CC2CC3C4CC(CN5C(=O)C=CC5=O)C(C4)C3C2)c1O. The molecular formula is C28H40N2O4. The van der Waals surface area contributed by atoms with E-state index in [0.29, 0.717) is 42.7 Å². The summed E-state index contributed by atoms with van der Waals surface area (Å²) in [4.78, 5) is 25.5. The highest BCUT2D eigenvalue weighted by Gasteiger charge is 2.56. The zero-order chi connectivity index (χ0) is 23.8. The van der Waals surface area contributed by atoms with Crippen LogP contribution in [0, 0.1) is 35.5 Å². The monoisotopic (exact) mass is 468 g/mol. The van der Waals surface area contributed by atoms with Gasteiger partial charge in [0, 0.05) is 36.9 Å². The predicted octanol–water partition coefficient (Wildman–Crippen LogP) is 5.03. The van der Waals surface area contributed by atoms with Crippen LogP contribution in [0.15, 0.2) is 18.2 Å². The van der Waals surface area contributed by atoms with Crippen molar-refractivity contribution in [3.63, 3.8) is 0 Å². The fraction of sp³-hybridized carbons (Fsp3) is 0.714. The summed E-state index contributed by atoms with van der Waals surface area (Å²) in [6, 6.07) is 1.76. The first-order valence-electron chi connectivity index (χ1n) is 13.6. The fourth-order valence-corrected chi connectivity index (χ4v) is 7.83. The average molecular weight is 469 g/mol. The largest absolute Gasteiger partial charge is 0.494 e. The maximum Gasteiger partial charge on any atom is 0.253 e. The molecule has 2 bridgehead atoms. The number of aromatic nitrogens is 1. The third kappa shape index (κ3) is 4.40. The topological polar surface area (TPSA) is 82.8 Å². The molecule has 0 radical (unpaired) electrons. The zero-order valence-electron chi connectivity index (χ0n) is 20.5. The van der Waals surface area contributed by atoms with Gasteiger partial charge in [-0.2, -0.15) is 0 Å². The minimum Gasteiger partial charge on any atom is -0.494 e. The molecule has 2 N–H and O–H groups in total. The van der Waals surface area contributed by atoms with Gasteiger partial charge in [0.2, 0.25) is 0 Å². The molecular weight excluding hydrogens is 428 g/mol. The summed E-state index contributed by atoms with van der Waals surface area (Å²) in [5.74, 6) is 3.66. The van der Waals surface area contributed by atoms with E-state index < -0.39 is 0 Å². The molecule has 3 aliphatic carbocycles. The number of amides is 2. The highest BCUT2D eigenvalue weighted by atomic mass is 16.3. The van der Waals surface area contributed by atoms with E-state index in [9.17, 15) is 19.8 Å². The van der Waals surface area contributed by atoms with Crippen molar-refractivity contribution < 1.29 is 19.8 Å². The first-order valence-corrected chi connectivity index (χ1v) is 13.6. The van der Waals surface area contributed by atoms with Gasteiger partial charge in [0.1, 0.15) is 0 Å². The van der Waals surface area contributed by atoms with Crippen molar-refractivity contribution in [2.45, 2.75) is 84.1 Å². The van der Waals surface area contributed by atoms with E-state index in [0.717, 1.165) is 43.6 Å². The number of carbonyl (C=O) groups is 2. The van der Waals surface area contributed by atoms with Gasteiger partial charge in [-0.1, -0.05) is 39.0 Å². The smallest absolute Gasteiger partial charge is 0.253 e. The molecule has 6 nitrogen and oxygen atoms in total. The van der Waals surface area contributed by atoms with Crippen LogP contribution in [0.3, 0.4) is 0 Å². The van der Waals surface area contributed by atoms with Gasteiger partial charge in [-0.25, -0.2) is 0 Å². The lowest BCUT2D eigenvalue weighted by Gasteiger charge is -2.33. The Bertz CT molecular complexity index is 932. The summed E-state index contributed by atoms with van der Waals surface area (Å²) < 4.78 is 1.73. The number of unbranched alkanes of at least 4 members (excludes halogenated alkanes) is 5. The number of aryl methyl sites for hydroxylation is 1. The van der Waals surface area contributed by atoms with E-state index in [1.807, 2.05) is 0 Å². The Balaban J connectivity index is 1.15. The lowest BCUT2D eigenvalue weighted by atomic mass is 9.75. The number of rotatable bonds is 11. The van der Waals surface area contributed by atoms with Gasteiger partial charge in [0.15, 0.2) is 11.8 Å². The van der Waals surface area contributed by atoms with Crippen LogP contribution in [-0.4, -0.2) is 38.0 Å². The molecule has 5 rings (SSSR count). The Hall–Kier alpha value is -2.24. The van der Waals surface area contributed by atoms with Crippen molar-refractivity contribution in [1.82, 2.24) is 9.47 Å². The normalized spacial score (nSPS) is 31.9. The summed E-state index contributed by atoms with van der Waals surface area (Å²) in [5.41, 5.74) is 0.875.